The van der Waals surface area contributed by atoms with E-state index >= 15 is 0 Å². The maximum absolute atomic E-state index is 5.66. The van der Waals surface area contributed by atoms with E-state index in [1.807, 2.05) is 12.1 Å². The third-order valence-corrected chi connectivity index (χ3v) is 1.90. The lowest BCUT2D eigenvalue weighted by Crippen LogP contribution is -2.20. The summed E-state index contributed by atoms with van der Waals surface area (Å²) in [5.74, 6) is 0. The molecule has 0 amide bonds. The highest BCUT2D eigenvalue weighted by atomic mass is 79.9. The van der Waals surface area contributed by atoms with Crippen molar-refractivity contribution in [3.63, 3.8) is 0 Å². The van der Waals surface area contributed by atoms with E-state index < -0.39 is 0 Å². The zero-order valence-corrected chi connectivity index (χ0v) is 7.58. The number of nitrogens with zero attached hydrogens (tertiary/aromatic N) is 1. The lowest BCUT2D eigenvalue weighted by Gasteiger charge is -2.07. The zero-order valence-electron chi connectivity index (χ0n) is 6.00. The quantitative estimate of drug-likeness (QED) is 0.718. The van der Waals surface area contributed by atoms with Crippen LogP contribution in [0, 0.1) is 0 Å². The fourth-order valence-corrected chi connectivity index (χ4v) is 0.977. The molecule has 1 aromatic heterocycles. The van der Waals surface area contributed by atoms with Gasteiger partial charge in [-0.25, -0.2) is 4.98 Å². The topological polar surface area (TPSA) is 64.9 Å². The molecule has 0 aliphatic carbocycles. The van der Waals surface area contributed by atoms with Crippen molar-refractivity contribution in [1.29, 1.82) is 0 Å². The molecule has 1 atom stereocenters. The molecule has 0 radical (unpaired) electrons. The van der Waals surface area contributed by atoms with Gasteiger partial charge in [0, 0.05) is 18.8 Å². The van der Waals surface area contributed by atoms with E-state index in [4.69, 9.17) is 11.5 Å². The van der Waals surface area contributed by atoms with Crippen molar-refractivity contribution in [3.05, 3.63) is 28.5 Å². The molecule has 0 saturated carbocycles. The summed E-state index contributed by atoms with van der Waals surface area (Å²) in [5.41, 5.74) is 12.0. The largest absolute Gasteiger partial charge is 0.329 e. The summed E-state index contributed by atoms with van der Waals surface area (Å²) in [6.07, 6.45) is 1.72. The second-order valence-corrected chi connectivity index (χ2v) is 3.07. The minimum Gasteiger partial charge on any atom is -0.329 e. The van der Waals surface area contributed by atoms with Gasteiger partial charge < -0.3 is 11.5 Å². The van der Waals surface area contributed by atoms with Crippen LogP contribution in [0.3, 0.4) is 0 Å². The molecule has 1 aromatic rings. The Bertz CT molecular complexity index is 222. The summed E-state index contributed by atoms with van der Waals surface area (Å²) in [6, 6.07) is 3.66. The number of hydrogen-bond acceptors (Lipinski definition) is 3. The molecule has 1 heterocycles. The monoisotopic (exact) mass is 215 g/mol. The van der Waals surface area contributed by atoms with Crippen LogP contribution in [0.5, 0.6) is 0 Å². The van der Waals surface area contributed by atoms with Crippen molar-refractivity contribution in [2.75, 3.05) is 6.54 Å². The predicted octanol–water partition coefficient (Wildman–Crippen LogP) is 0.803. The number of nitrogens with two attached hydrogens (primary N) is 2. The fraction of sp³-hybridized carbons (Fsp3) is 0.286. The van der Waals surface area contributed by atoms with Gasteiger partial charge in [-0.05, 0) is 27.6 Å². The maximum Gasteiger partial charge on any atom is 0.106 e. The highest BCUT2D eigenvalue weighted by Gasteiger charge is 2.02. The molecule has 0 aliphatic rings. The van der Waals surface area contributed by atoms with Gasteiger partial charge in [-0.15, -0.1) is 0 Å². The number of hydrogen-bond donors (Lipinski definition) is 2. The van der Waals surface area contributed by atoms with Crippen LogP contribution in [0.1, 0.15) is 11.6 Å². The van der Waals surface area contributed by atoms with E-state index in [0.29, 0.717) is 6.54 Å². The highest BCUT2D eigenvalue weighted by molar-refractivity contribution is 9.10. The van der Waals surface area contributed by atoms with Crippen molar-refractivity contribution in [2.45, 2.75) is 6.04 Å². The first-order chi connectivity index (χ1) is 5.24. The third-order valence-electron chi connectivity index (χ3n) is 1.43. The van der Waals surface area contributed by atoms with Crippen LogP contribution in [-0.4, -0.2) is 11.5 Å². The third kappa shape index (κ3) is 2.25. The van der Waals surface area contributed by atoms with Crippen LogP contribution < -0.4 is 11.5 Å². The second kappa shape index (κ2) is 3.80. The van der Waals surface area contributed by atoms with Crippen molar-refractivity contribution in [3.8, 4) is 0 Å². The first kappa shape index (κ1) is 8.64. The summed E-state index contributed by atoms with van der Waals surface area (Å²) in [5, 5.41) is 0. The molecule has 11 heavy (non-hydrogen) atoms. The van der Waals surface area contributed by atoms with Crippen LogP contribution in [-0.2, 0) is 0 Å². The molecule has 60 valence electrons. The highest BCUT2D eigenvalue weighted by Crippen LogP contribution is 2.10. The molecule has 0 fully saturated rings. The van der Waals surface area contributed by atoms with E-state index in [1.165, 1.54) is 0 Å². The van der Waals surface area contributed by atoms with Crippen LogP contribution in [0.25, 0.3) is 0 Å². The van der Waals surface area contributed by atoms with Gasteiger partial charge in [0.25, 0.3) is 0 Å². The van der Waals surface area contributed by atoms with Crippen LogP contribution >= 0.6 is 15.9 Å². The Morgan fingerprint density at radius 3 is 2.73 bits per heavy atom. The Morgan fingerprint density at radius 2 is 2.27 bits per heavy atom. The normalized spacial score (nSPS) is 13.0. The Hall–Kier alpha value is -0.450. The van der Waals surface area contributed by atoms with Gasteiger partial charge in [0.1, 0.15) is 4.60 Å². The summed E-state index contributed by atoms with van der Waals surface area (Å²) >= 11 is 3.23. The van der Waals surface area contributed by atoms with Crippen molar-refractivity contribution >= 4 is 15.9 Å². The maximum atomic E-state index is 5.66. The minimum atomic E-state index is -0.101. The molecule has 0 unspecified atom stereocenters. The predicted molar refractivity (Wildman–Crippen MR) is 47.9 cm³/mol. The number of pyridine rings is 1. The Kier molecular flexibility index (Phi) is 2.99. The van der Waals surface area contributed by atoms with E-state index in [0.717, 1.165) is 10.2 Å². The van der Waals surface area contributed by atoms with E-state index in [-0.39, 0.29) is 6.04 Å². The summed E-state index contributed by atoms with van der Waals surface area (Å²) in [6.45, 7) is 0.448. The molecular weight excluding hydrogens is 206 g/mol. The first-order valence-electron chi connectivity index (χ1n) is 3.31. The number of halogens is 1. The van der Waals surface area contributed by atoms with Gasteiger partial charge in [-0.2, -0.15) is 0 Å². The standard InChI is InChI=1S/C7H10BrN3/c8-7-2-1-5(4-11-7)6(10)3-9/h1-2,4,6H,3,9-10H2/t6-/m0/s1. The minimum absolute atomic E-state index is 0.101. The van der Waals surface area contributed by atoms with E-state index in [1.54, 1.807) is 6.20 Å². The molecule has 0 aliphatic heterocycles. The second-order valence-electron chi connectivity index (χ2n) is 2.26. The molecule has 3 nitrogen and oxygen atoms in total. The van der Waals surface area contributed by atoms with Gasteiger partial charge in [-0.1, -0.05) is 6.07 Å². The van der Waals surface area contributed by atoms with Crippen LogP contribution in [0.2, 0.25) is 0 Å². The Labute approximate surface area is 73.9 Å². The molecule has 4 heteroatoms. The SMILES string of the molecule is NC[C@H](N)c1ccc(Br)nc1. The summed E-state index contributed by atoms with van der Waals surface area (Å²) < 4.78 is 0.811. The molecule has 0 spiro atoms. The van der Waals surface area contributed by atoms with Crippen molar-refractivity contribution < 1.29 is 0 Å². The average Bonchev–Trinajstić information content (AvgIpc) is 2.05. The molecular formula is C7H10BrN3. The van der Waals surface area contributed by atoms with E-state index in [2.05, 4.69) is 20.9 Å². The van der Waals surface area contributed by atoms with Crippen LogP contribution in [0.15, 0.2) is 22.9 Å². The van der Waals surface area contributed by atoms with Crippen LogP contribution in [0.4, 0.5) is 0 Å². The van der Waals surface area contributed by atoms with Crippen molar-refractivity contribution in [1.82, 2.24) is 4.98 Å². The molecule has 0 aromatic carbocycles. The average molecular weight is 216 g/mol. The lowest BCUT2D eigenvalue weighted by molar-refractivity contribution is 0.732. The van der Waals surface area contributed by atoms with Crippen molar-refractivity contribution in [2.24, 2.45) is 11.5 Å². The summed E-state index contributed by atoms with van der Waals surface area (Å²) in [4.78, 5) is 4.03. The fourth-order valence-electron chi connectivity index (χ4n) is 0.743. The number of aromatic nitrogens is 1. The lowest BCUT2D eigenvalue weighted by atomic mass is 10.1. The van der Waals surface area contributed by atoms with Gasteiger partial charge >= 0.3 is 0 Å². The van der Waals surface area contributed by atoms with Gasteiger partial charge in [0.2, 0.25) is 0 Å². The Balaban J connectivity index is 2.81. The smallest absolute Gasteiger partial charge is 0.106 e. The van der Waals surface area contributed by atoms with Gasteiger partial charge in [0.15, 0.2) is 0 Å². The molecule has 0 saturated heterocycles. The summed E-state index contributed by atoms with van der Waals surface area (Å²) in [7, 11) is 0. The molecule has 0 bridgehead atoms. The van der Waals surface area contributed by atoms with E-state index in [9.17, 15) is 0 Å². The first-order valence-corrected chi connectivity index (χ1v) is 4.10. The van der Waals surface area contributed by atoms with Gasteiger partial charge in [-0.3, -0.25) is 0 Å². The number of rotatable bonds is 2. The Morgan fingerprint density at radius 1 is 1.55 bits per heavy atom. The van der Waals surface area contributed by atoms with Gasteiger partial charge in [0.05, 0.1) is 0 Å². The molecule has 1 rings (SSSR count). The zero-order chi connectivity index (χ0) is 8.27. The molecule has 4 N–H and O–H groups in total.